The Morgan fingerprint density at radius 1 is 1.25 bits per heavy atom. The Morgan fingerprint density at radius 3 is 2.55 bits per heavy atom. The summed E-state index contributed by atoms with van der Waals surface area (Å²) in [6, 6.07) is 7.12. The predicted molar refractivity (Wildman–Crippen MR) is 80.8 cm³/mol. The molecular weight excluding hydrogens is 276 g/mol. The molecule has 0 heterocycles. The third-order valence-corrected chi connectivity index (χ3v) is 2.80. The second-order valence-electron chi connectivity index (χ2n) is 5.64. The maximum absolute atomic E-state index is 11.9. The number of halogens is 1. The van der Waals surface area contributed by atoms with E-state index < -0.39 is 0 Å². The van der Waals surface area contributed by atoms with Crippen molar-refractivity contribution in [1.82, 2.24) is 10.6 Å². The monoisotopic (exact) mass is 296 g/mol. The highest BCUT2D eigenvalue weighted by molar-refractivity contribution is 6.17. The molecule has 1 aromatic rings. The van der Waals surface area contributed by atoms with Crippen molar-refractivity contribution in [3.8, 4) is 0 Å². The highest BCUT2D eigenvalue weighted by Crippen LogP contribution is 2.07. The zero-order valence-corrected chi connectivity index (χ0v) is 12.9. The van der Waals surface area contributed by atoms with E-state index in [1.165, 1.54) is 0 Å². The summed E-state index contributed by atoms with van der Waals surface area (Å²) in [7, 11) is 0. The molecule has 20 heavy (non-hydrogen) atoms. The third kappa shape index (κ3) is 6.06. The Hall–Kier alpha value is -1.55. The summed E-state index contributed by atoms with van der Waals surface area (Å²) in [6.07, 6.45) is 0.262. The SMILES string of the molecule is CC(C)(C)NC(=O)CCNC(=O)c1cccc(CCl)c1. The van der Waals surface area contributed by atoms with Crippen LogP contribution >= 0.6 is 11.6 Å². The summed E-state index contributed by atoms with van der Waals surface area (Å²) in [5, 5.41) is 5.57. The van der Waals surface area contributed by atoms with Gasteiger partial charge in [-0.2, -0.15) is 0 Å². The van der Waals surface area contributed by atoms with Gasteiger partial charge in [0.2, 0.25) is 5.91 Å². The number of amides is 2. The molecule has 0 aliphatic carbocycles. The van der Waals surface area contributed by atoms with Crippen molar-refractivity contribution in [3.63, 3.8) is 0 Å². The van der Waals surface area contributed by atoms with Crippen LogP contribution in [0.15, 0.2) is 24.3 Å². The number of carbonyl (C=O) groups excluding carboxylic acids is 2. The minimum atomic E-state index is -0.254. The molecule has 5 heteroatoms. The molecule has 0 aliphatic heterocycles. The lowest BCUT2D eigenvalue weighted by molar-refractivity contribution is -0.122. The van der Waals surface area contributed by atoms with Gasteiger partial charge in [-0.05, 0) is 38.5 Å². The molecule has 2 amide bonds. The van der Waals surface area contributed by atoms with Crippen molar-refractivity contribution in [1.29, 1.82) is 0 Å². The van der Waals surface area contributed by atoms with Gasteiger partial charge in [-0.3, -0.25) is 9.59 Å². The molecule has 0 unspecified atom stereocenters. The van der Waals surface area contributed by atoms with Gasteiger partial charge in [0.1, 0.15) is 0 Å². The predicted octanol–water partition coefficient (Wildman–Crippen LogP) is 2.46. The molecule has 0 bridgehead atoms. The third-order valence-electron chi connectivity index (χ3n) is 2.50. The van der Waals surface area contributed by atoms with Gasteiger partial charge < -0.3 is 10.6 Å². The average molecular weight is 297 g/mol. The number of carbonyl (C=O) groups is 2. The second-order valence-corrected chi connectivity index (χ2v) is 5.91. The standard InChI is InChI=1S/C15H21ClN2O2/c1-15(2,3)18-13(19)7-8-17-14(20)12-6-4-5-11(9-12)10-16/h4-6,9H,7-8,10H2,1-3H3,(H,17,20)(H,18,19). The Balaban J connectivity index is 2.42. The Kier molecular flexibility index (Phi) is 6.02. The van der Waals surface area contributed by atoms with Gasteiger partial charge in [0.05, 0.1) is 0 Å². The van der Waals surface area contributed by atoms with E-state index in [4.69, 9.17) is 11.6 Å². The van der Waals surface area contributed by atoms with Crippen LogP contribution in [-0.4, -0.2) is 23.9 Å². The Morgan fingerprint density at radius 2 is 1.95 bits per heavy atom. The molecule has 0 spiro atoms. The van der Waals surface area contributed by atoms with Gasteiger partial charge in [-0.1, -0.05) is 12.1 Å². The smallest absolute Gasteiger partial charge is 0.251 e. The Labute approximate surface area is 124 Å². The van der Waals surface area contributed by atoms with Crippen LogP contribution in [0.4, 0.5) is 0 Å². The number of alkyl halides is 1. The zero-order valence-electron chi connectivity index (χ0n) is 12.1. The van der Waals surface area contributed by atoms with E-state index in [1.807, 2.05) is 26.8 Å². The second kappa shape index (κ2) is 7.29. The van der Waals surface area contributed by atoms with E-state index in [2.05, 4.69) is 10.6 Å². The number of nitrogens with one attached hydrogen (secondary N) is 2. The fraction of sp³-hybridized carbons (Fsp3) is 0.467. The van der Waals surface area contributed by atoms with E-state index >= 15 is 0 Å². The van der Waals surface area contributed by atoms with Crippen LogP contribution in [0.2, 0.25) is 0 Å². The van der Waals surface area contributed by atoms with Crippen LogP contribution in [0.25, 0.3) is 0 Å². The van der Waals surface area contributed by atoms with Gasteiger partial charge in [-0.15, -0.1) is 11.6 Å². The van der Waals surface area contributed by atoms with Crippen LogP contribution in [0.3, 0.4) is 0 Å². The normalized spacial score (nSPS) is 11.0. The molecule has 0 fully saturated rings. The maximum Gasteiger partial charge on any atom is 0.251 e. The molecule has 0 radical (unpaired) electrons. The molecule has 1 aromatic carbocycles. The first-order chi connectivity index (χ1) is 9.31. The zero-order chi connectivity index (χ0) is 15.2. The van der Waals surface area contributed by atoms with Crippen LogP contribution in [0.5, 0.6) is 0 Å². The quantitative estimate of drug-likeness (QED) is 0.820. The highest BCUT2D eigenvalue weighted by Gasteiger charge is 2.13. The van der Waals surface area contributed by atoms with Crippen molar-refractivity contribution >= 4 is 23.4 Å². The molecule has 1 rings (SSSR count). The lowest BCUT2D eigenvalue weighted by Gasteiger charge is -2.20. The summed E-state index contributed by atoms with van der Waals surface area (Å²) in [4.78, 5) is 23.5. The van der Waals surface area contributed by atoms with Crippen LogP contribution < -0.4 is 10.6 Å². The largest absolute Gasteiger partial charge is 0.352 e. The van der Waals surface area contributed by atoms with Crippen LogP contribution in [0, 0.1) is 0 Å². The average Bonchev–Trinajstić information content (AvgIpc) is 2.36. The number of rotatable bonds is 5. The minimum Gasteiger partial charge on any atom is -0.352 e. The topological polar surface area (TPSA) is 58.2 Å². The summed E-state index contributed by atoms with van der Waals surface area (Å²) in [6.45, 7) is 6.06. The molecule has 0 aliphatic rings. The van der Waals surface area contributed by atoms with Gasteiger partial charge in [0, 0.05) is 29.9 Å². The van der Waals surface area contributed by atoms with Gasteiger partial charge >= 0.3 is 0 Å². The first-order valence-corrected chi connectivity index (χ1v) is 7.09. The summed E-state index contributed by atoms with van der Waals surface area (Å²) >= 11 is 5.73. The first-order valence-electron chi connectivity index (χ1n) is 6.56. The molecule has 0 atom stereocenters. The van der Waals surface area contributed by atoms with Gasteiger partial charge in [0.25, 0.3) is 5.91 Å². The first kappa shape index (κ1) is 16.5. The number of hydrogen-bond acceptors (Lipinski definition) is 2. The van der Waals surface area contributed by atoms with Gasteiger partial charge in [0.15, 0.2) is 0 Å². The molecule has 0 aromatic heterocycles. The summed E-state index contributed by atoms with van der Waals surface area (Å²) < 4.78 is 0. The van der Waals surface area contributed by atoms with Gasteiger partial charge in [-0.25, -0.2) is 0 Å². The van der Waals surface area contributed by atoms with Crippen molar-refractivity contribution in [3.05, 3.63) is 35.4 Å². The van der Waals surface area contributed by atoms with E-state index in [0.29, 0.717) is 18.0 Å². The van der Waals surface area contributed by atoms with Crippen molar-refractivity contribution < 1.29 is 9.59 Å². The minimum absolute atomic E-state index is 0.0766. The summed E-state index contributed by atoms with van der Waals surface area (Å²) in [5.41, 5.74) is 1.19. The molecule has 2 N–H and O–H groups in total. The van der Waals surface area contributed by atoms with Crippen molar-refractivity contribution in [2.24, 2.45) is 0 Å². The van der Waals surface area contributed by atoms with E-state index in [1.54, 1.807) is 18.2 Å². The van der Waals surface area contributed by atoms with E-state index in [-0.39, 0.29) is 23.8 Å². The number of benzene rings is 1. The van der Waals surface area contributed by atoms with E-state index in [0.717, 1.165) is 5.56 Å². The fourth-order valence-corrected chi connectivity index (χ4v) is 1.83. The van der Waals surface area contributed by atoms with Crippen LogP contribution in [-0.2, 0) is 10.7 Å². The van der Waals surface area contributed by atoms with Crippen LogP contribution in [0.1, 0.15) is 43.1 Å². The van der Waals surface area contributed by atoms with Crippen molar-refractivity contribution in [2.75, 3.05) is 6.54 Å². The molecule has 0 saturated carbocycles. The molecule has 0 saturated heterocycles. The molecule has 110 valence electrons. The van der Waals surface area contributed by atoms with Crippen molar-refractivity contribution in [2.45, 2.75) is 38.6 Å². The van der Waals surface area contributed by atoms with E-state index in [9.17, 15) is 9.59 Å². The number of hydrogen-bond donors (Lipinski definition) is 2. The summed E-state index contributed by atoms with van der Waals surface area (Å²) in [5.74, 6) is 0.0996. The molecule has 4 nitrogen and oxygen atoms in total. The molecular formula is C15H21ClN2O2. The lowest BCUT2D eigenvalue weighted by atomic mass is 10.1. The maximum atomic E-state index is 11.9. The lowest BCUT2D eigenvalue weighted by Crippen LogP contribution is -2.41. The fourth-order valence-electron chi connectivity index (χ4n) is 1.67. The Bertz CT molecular complexity index is 481. The highest BCUT2D eigenvalue weighted by atomic mass is 35.5.